The summed E-state index contributed by atoms with van der Waals surface area (Å²) in [6.07, 6.45) is 4.25. The van der Waals surface area contributed by atoms with E-state index < -0.39 is 36.1 Å². The molecule has 16 heteroatoms. The molecule has 0 saturated heterocycles. The van der Waals surface area contributed by atoms with Crippen LogP contribution in [-0.2, 0) is 19.2 Å². The molecule has 6 atom stereocenters. The molecule has 210 valence electrons. The second-order valence-corrected chi connectivity index (χ2v) is 11.4. The van der Waals surface area contributed by atoms with Crippen LogP contribution in [0, 0.1) is 0 Å². The van der Waals surface area contributed by atoms with Crippen molar-refractivity contribution in [2.75, 3.05) is 24.6 Å². The summed E-state index contributed by atoms with van der Waals surface area (Å²) in [5.74, 6) is -1.64. The molecule has 0 rings (SSSR count). The molecule has 0 aromatic rings. The summed E-state index contributed by atoms with van der Waals surface area (Å²) in [7, 11) is 7.66. The number of unbranched alkanes of at least 4 members (excludes halogenated alkanes) is 2. The number of carbonyl (C=O) groups excluding carboxylic acids is 2. The molecule has 0 fully saturated rings. The SMILES string of the molecule is NCCCCC(NC(=O)C(CCSSCCC(NP)C(=O)NC(CCCCN)C(=O)O)NP)C(=O)O. The van der Waals surface area contributed by atoms with Gasteiger partial charge >= 0.3 is 11.9 Å². The van der Waals surface area contributed by atoms with Crippen molar-refractivity contribution >= 4 is 64.1 Å². The number of carboxylic acids is 2. The first-order valence-corrected chi connectivity index (χ1v) is 15.5. The van der Waals surface area contributed by atoms with Gasteiger partial charge < -0.3 is 32.3 Å². The van der Waals surface area contributed by atoms with E-state index in [1.165, 1.54) is 21.6 Å². The number of hydrogen-bond donors (Lipinski definition) is 8. The predicted molar refractivity (Wildman–Crippen MR) is 152 cm³/mol. The molecule has 0 spiro atoms. The number of aliphatic carboxylic acids is 2. The minimum absolute atomic E-state index is 0.325. The third kappa shape index (κ3) is 16.2. The first-order valence-electron chi connectivity index (χ1n) is 11.8. The molecule has 0 aromatic heterocycles. The molecule has 12 nitrogen and oxygen atoms in total. The number of carboxylic acid groups (broad SMARTS) is 2. The van der Waals surface area contributed by atoms with Gasteiger partial charge in [0.1, 0.15) is 12.1 Å². The fourth-order valence-corrected chi connectivity index (χ4v) is 5.90. The average molecular weight is 589 g/mol. The Kier molecular flexibility index (Phi) is 21.8. The van der Waals surface area contributed by atoms with Gasteiger partial charge in [0.2, 0.25) is 11.8 Å². The zero-order valence-corrected chi connectivity index (χ0v) is 24.4. The summed E-state index contributed by atoms with van der Waals surface area (Å²) in [4.78, 5) is 47.7. The lowest BCUT2D eigenvalue weighted by atomic mass is 10.1. The Morgan fingerprint density at radius 2 is 1.00 bits per heavy atom. The predicted octanol–water partition coefficient (Wildman–Crippen LogP) is 0.0414. The standard InChI is InChI=1S/C20H42N6O6P2S2/c21-9-3-1-5-15(19(29)30)23-17(27)13(25-33)7-11-35-36-12-8-14(26-34)18(28)24-16(20(31)32)6-2-4-10-22/h13-16,25-26H,1-12,21-22,33-34H2,(H,23,27)(H,24,28)(H,29,30)(H,31,32). The van der Waals surface area contributed by atoms with Crippen LogP contribution >= 0.6 is 40.4 Å². The van der Waals surface area contributed by atoms with Crippen LogP contribution < -0.4 is 32.3 Å². The molecule has 0 radical (unpaired) electrons. The van der Waals surface area contributed by atoms with Gasteiger partial charge in [-0.05, 0) is 64.5 Å². The number of hydrogen-bond acceptors (Lipinski definition) is 10. The average Bonchev–Trinajstić information content (AvgIpc) is 2.84. The summed E-state index contributed by atoms with van der Waals surface area (Å²) >= 11 is 0. The fraction of sp³-hybridized carbons (Fsp3) is 0.800. The first-order chi connectivity index (χ1) is 17.2. The molecule has 10 N–H and O–H groups in total. The Bertz CT molecular complexity index is 616. The smallest absolute Gasteiger partial charge is 0.326 e. The first kappa shape index (κ1) is 35.3. The van der Waals surface area contributed by atoms with Gasteiger partial charge in [-0.25, -0.2) is 9.59 Å². The number of rotatable bonds is 23. The van der Waals surface area contributed by atoms with Crippen molar-refractivity contribution in [1.82, 2.24) is 20.8 Å². The van der Waals surface area contributed by atoms with Gasteiger partial charge in [0.05, 0.1) is 12.1 Å². The molecule has 0 aliphatic carbocycles. The van der Waals surface area contributed by atoms with Gasteiger partial charge in [-0.1, -0.05) is 40.4 Å². The molecule has 0 aliphatic rings. The molecule has 0 bridgehead atoms. The lowest BCUT2D eigenvalue weighted by Gasteiger charge is -2.20. The fourth-order valence-electron chi connectivity index (χ4n) is 3.07. The molecule has 6 unspecified atom stereocenters. The van der Waals surface area contributed by atoms with Crippen LogP contribution in [0.3, 0.4) is 0 Å². The topological polar surface area (TPSA) is 209 Å². The molecule has 0 aliphatic heterocycles. The van der Waals surface area contributed by atoms with Crippen molar-refractivity contribution in [1.29, 1.82) is 0 Å². The Morgan fingerprint density at radius 3 is 1.28 bits per heavy atom. The van der Waals surface area contributed by atoms with Crippen LogP contribution in [0.5, 0.6) is 0 Å². The van der Waals surface area contributed by atoms with E-state index in [0.717, 1.165) is 0 Å². The number of amides is 2. The van der Waals surface area contributed by atoms with E-state index in [-0.39, 0.29) is 11.8 Å². The quantitative estimate of drug-likeness (QED) is 0.0452. The van der Waals surface area contributed by atoms with E-state index >= 15 is 0 Å². The van der Waals surface area contributed by atoms with Crippen LogP contribution in [0.15, 0.2) is 0 Å². The van der Waals surface area contributed by atoms with Crippen LogP contribution in [0.1, 0.15) is 51.4 Å². The van der Waals surface area contributed by atoms with Crippen molar-refractivity contribution < 1.29 is 29.4 Å². The monoisotopic (exact) mass is 588 g/mol. The van der Waals surface area contributed by atoms with E-state index in [4.69, 9.17) is 11.5 Å². The number of carbonyl (C=O) groups is 4. The van der Waals surface area contributed by atoms with Crippen molar-refractivity contribution in [2.24, 2.45) is 11.5 Å². The van der Waals surface area contributed by atoms with Gasteiger partial charge in [-0.15, -0.1) is 0 Å². The molecule has 0 aromatic carbocycles. The molecule has 36 heavy (non-hydrogen) atoms. The third-order valence-corrected chi connectivity index (χ3v) is 8.50. The van der Waals surface area contributed by atoms with E-state index in [1.54, 1.807) is 0 Å². The van der Waals surface area contributed by atoms with Crippen molar-refractivity contribution in [3.05, 3.63) is 0 Å². The molecule has 0 heterocycles. The minimum atomic E-state index is -1.07. The lowest BCUT2D eigenvalue weighted by molar-refractivity contribution is -0.142. The summed E-state index contributed by atoms with van der Waals surface area (Å²) < 4.78 is 0. The number of nitrogens with two attached hydrogens (primary N) is 2. The normalized spacial score (nSPS) is 14.4. The van der Waals surface area contributed by atoms with Gasteiger partial charge in [-0.2, -0.15) is 0 Å². The Hall–Kier alpha value is -0.720. The maximum absolute atomic E-state index is 12.5. The molecule has 0 saturated carbocycles. The van der Waals surface area contributed by atoms with Gasteiger partial charge in [-0.3, -0.25) is 19.8 Å². The highest BCUT2D eigenvalue weighted by molar-refractivity contribution is 8.76. The van der Waals surface area contributed by atoms with E-state index in [2.05, 4.69) is 39.6 Å². The summed E-state index contributed by atoms with van der Waals surface area (Å²) in [6.45, 7) is 0.948. The maximum Gasteiger partial charge on any atom is 0.326 e. The zero-order valence-electron chi connectivity index (χ0n) is 20.4. The third-order valence-electron chi connectivity index (χ3n) is 5.22. The Labute approximate surface area is 225 Å². The lowest BCUT2D eigenvalue weighted by Crippen LogP contribution is -2.48. The van der Waals surface area contributed by atoms with E-state index in [0.29, 0.717) is 76.0 Å². The van der Waals surface area contributed by atoms with Crippen molar-refractivity contribution in [3.63, 3.8) is 0 Å². The second-order valence-electron chi connectivity index (χ2n) is 8.03. The molecular formula is C20H42N6O6P2S2. The summed E-state index contributed by atoms with van der Waals surface area (Å²) in [5, 5.41) is 29.5. The van der Waals surface area contributed by atoms with Gasteiger partial charge in [0.25, 0.3) is 0 Å². The highest BCUT2D eigenvalue weighted by Crippen LogP contribution is 2.24. The van der Waals surface area contributed by atoms with E-state index in [1.807, 2.05) is 0 Å². The zero-order chi connectivity index (χ0) is 27.3. The molecular weight excluding hydrogens is 546 g/mol. The molecule has 2 amide bonds. The maximum atomic E-state index is 12.5. The van der Waals surface area contributed by atoms with E-state index in [9.17, 15) is 29.4 Å². The number of nitrogens with one attached hydrogen (secondary N) is 4. The van der Waals surface area contributed by atoms with Gasteiger partial charge in [0, 0.05) is 11.5 Å². The Morgan fingerprint density at radius 1 is 0.639 bits per heavy atom. The van der Waals surface area contributed by atoms with Crippen LogP contribution in [-0.4, -0.2) is 82.7 Å². The highest BCUT2D eigenvalue weighted by Gasteiger charge is 2.25. The summed E-state index contributed by atoms with van der Waals surface area (Å²) in [6, 6.07) is -3.01. The summed E-state index contributed by atoms with van der Waals surface area (Å²) in [5.41, 5.74) is 10.9. The van der Waals surface area contributed by atoms with Crippen LogP contribution in [0.25, 0.3) is 0 Å². The minimum Gasteiger partial charge on any atom is -0.480 e. The van der Waals surface area contributed by atoms with Crippen molar-refractivity contribution in [2.45, 2.75) is 75.5 Å². The van der Waals surface area contributed by atoms with Gasteiger partial charge in [0.15, 0.2) is 0 Å². The second kappa shape index (κ2) is 22.3. The van der Waals surface area contributed by atoms with Crippen molar-refractivity contribution in [3.8, 4) is 0 Å². The van der Waals surface area contributed by atoms with Crippen LogP contribution in [0.2, 0.25) is 0 Å². The Balaban J connectivity index is 4.40. The largest absolute Gasteiger partial charge is 0.480 e. The highest BCUT2D eigenvalue weighted by atomic mass is 33.1. The van der Waals surface area contributed by atoms with Crippen LogP contribution in [0.4, 0.5) is 0 Å².